The third-order valence-corrected chi connectivity index (χ3v) is 4.10. The number of halogens is 2. The van der Waals surface area contributed by atoms with Crippen LogP contribution in [0.2, 0.25) is 10.0 Å². The first-order chi connectivity index (χ1) is 11.9. The molecule has 2 amide bonds. The number of ether oxygens (including phenoxy) is 1. The second kappa shape index (κ2) is 8.74. The van der Waals surface area contributed by atoms with Crippen LogP contribution in [0.3, 0.4) is 0 Å². The lowest BCUT2D eigenvalue weighted by atomic mass is 10.2. The maximum absolute atomic E-state index is 12.1. The van der Waals surface area contributed by atoms with E-state index in [1.54, 1.807) is 42.5 Å². The Hall–Kier alpha value is -2.24. The van der Waals surface area contributed by atoms with Gasteiger partial charge in [-0.2, -0.15) is 0 Å². The summed E-state index contributed by atoms with van der Waals surface area (Å²) in [6.07, 6.45) is 0. The Labute approximate surface area is 156 Å². The van der Waals surface area contributed by atoms with Gasteiger partial charge in [-0.05, 0) is 42.5 Å². The van der Waals surface area contributed by atoms with E-state index < -0.39 is 0 Å². The summed E-state index contributed by atoms with van der Waals surface area (Å²) in [5, 5.41) is 3.76. The van der Waals surface area contributed by atoms with Crippen molar-refractivity contribution in [2.24, 2.45) is 0 Å². The van der Waals surface area contributed by atoms with Crippen molar-refractivity contribution in [2.45, 2.75) is 6.92 Å². The van der Waals surface area contributed by atoms with Gasteiger partial charge in [-0.1, -0.05) is 23.2 Å². The number of nitrogens with zero attached hydrogens (tertiary/aromatic N) is 1. The van der Waals surface area contributed by atoms with Crippen molar-refractivity contribution in [1.82, 2.24) is 5.32 Å². The summed E-state index contributed by atoms with van der Waals surface area (Å²) in [6.45, 7) is 2.07. The summed E-state index contributed by atoms with van der Waals surface area (Å²) in [6, 6.07) is 11.7. The highest BCUT2D eigenvalue weighted by atomic mass is 35.5. The molecule has 0 aliphatic rings. The molecule has 0 spiro atoms. The van der Waals surface area contributed by atoms with Crippen molar-refractivity contribution in [3.05, 3.63) is 58.1 Å². The highest BCUT2D eigenvalue weighted by Gasteiger charge is 2.14. The van der Waals surface area contributed by atoms with Crippen LogP contribution in [-0.2, 0) is 4.79 Å². The monoisotopic (exact) mass is 380 g/mol. The molecule has 132 valence electrons. The predicted octanol–water partition coefficient (Wildman–Crippen LogP) is 3.78. The zero-order valence-electron chi connectivity index (χ0n) is 13.9. The first-order valence-electron chi connectivity index (χ1n) is 7.57. The lowest BCUT2D eigenvalue weighted by Gasteiger charge is -2.22. The van der Waals surface area contributed by atoms with E-state index in [4.69, 9.17) is 27.9 Å². The van der Waals surface area contributed by atoms with Gasteiger partial charge in [-0.25, -0.2) is 0 Å². The van der Waals surface area contributed by atoms with Gasteiger partial charge in [-0.3, -0.25) is 9.59 Å². The molecule has 25 heavy (non-hydrogen) atoms. The van der Waals surface area contributed by atoms with Crippen molar-refractivity contribution >= 4 is 40.7 Å². The maximum atomic E-state index is 12.1. The Bertz CT molecular complexity index is 763. The van der Waals surface area contributed by atoms with Crippen LogP contribution in [0.15, 0.2) is 42.5 Å². The Morgan fingerprint density at radius 1 is 1.12 bits per heavy atom. The molecule has 0 atom stereocenters. The van der Waals surface area contributed by atoms with E-state index >= 15 is 0 Å². The molecular formula is C18H18Cl2N2O3. The Kier molecular flexibility index (Phi) is 6.67. The van der Waals surface area contributed by atoms with E-state index in [1.807, 2.05) is 0 Å². The number of anilines is 1. The quantitative estimate of drug-likeness (QED) is 0.829. The molecule has 0 fully saturated rings. The third-order valence-electron chi connectivity index (χ3n) is 3.55. The van der Waals surface area contributed by atoms with E-state index in [2.05, 4.69) is 5.32 Å². The second-order valence-electron chi connectivity index (χ2n) is 5.25. The van der Waals surface area contributed by atoms with Crippen LogP contribution in [0.5, 0.6) is 5.75 Å². The zero-order chi connectivity index (χ0) is 18.4. The molecule has 0 heterocycles. The fourth-order valence-electron chi connectivity index (χ4n) is 2.28. The maximum Gasteiger partial charge on any atom is 0.251 e. The first-order valence-corrected chi connectivity index (χ1v) is 8.33. The number of hydrogen-bond donors (Lipinski definition) is 1. The molecule has 7 heteroatoms. The molecule has 0 saturated carbocycles. The summed E-state index contributed by atoms with van der Waals surface area (Å²) >= 11 is 11.9. The SMILES string of the molecule is COc1ccc(N(CCNC(=O)c2ccc(Cl)cc2)C(C)=O)cc1Cl. The molecule has 0 bridgehead atoms. The molecule has 0 radical (unpaired) electrons. The van der Waals surface area contributed by atoms with Crippen LogP contribution >= 0.6 is 23.2 Å². The summed E-state index contributed by atoms with van der Waals surface area (Å²) in [5.74, 6) is 0.153. The van der Waals surface area contributed by atoms with E-state index in [-0.39, 0.29) is 11.8 Å². The minimum absolute atomic E-state index is 0.151. The van der Waals surface area contributed by atoms with E-state index in [1.165, 1.54) is 18.9 Å². The summed E-state index contributed by atoms with van der Waals surface area (Å²) in [5.41, 5.74) is 1.14. The molecule has 0 aliphatic heterocycles. The number of benzene rings is 2. The van der Waals surface area contributed by atoms with Gasteiger partial charge in [0.25, 0.3) is 5.91 Å². The number of hydrogen-bond acceptors (Lipinski definition) is 3. The topological polar surface area (TPSA) is 58.6 Å². The van der Waals surface area contributed by atoms with E-state index in [0.717, 1.165) is 0 Å². The van der Waals surface area contributed by atoms with Crippen molar-refractivity contribution in [1.29, 1.82) is 0 Å². The van der Waals surface area contributed by atoms with Gasteiger partial charge in [0, 0.05) is 36.3 Å². The van der Waals surface area contributed by atoms with Crippen LogP contribution in [0, 0.1) is 0 Å². The van der Waals surface area contributed by atoms with Crippen LogP contribution in [-0.4, -0.2) is 32.0 Å². The second-order valence-corrected chi connectivity index (χ2v) is 6.10. The number of carbonyl (C=O) groups excluding carboxylic acids is 2. The van der Waals surface area contributed by atoms with E-state index in [0.29, 0.717) is 40.1 Å². The Morgan fingerprint density at radius 3 is 2.36 bits per heavy atom. The number of rotatable bonds is 6. The fraction of sp³-hybridized carbons (Fsp3) is 0.222. The normalized spacial score (nSPS) is 10.2. The summed E-state index contributed by atoms with van der Waals surface area (Å²) in [4.78, 5) is 25.5. The van der Waals surface area contributed by atoms with Gasteiger partial charge < -0.3 is 15.0 Å². The van der Waals surface area contributed by atoms with Crippen LogP contribution in [0.1, 0.15) is 17.3 Å². The highest BCUT2D eigenvalue weighted by molar-refractivity contribution is 6.32. The van der Waals surface area contributed by atoms with Gasteiger partial charge in [0.2, 0.25) is 5.91 Å². The lowest BCUT2D eigenvalue weighted by molar-refractivity contribution is -0.116. The third kappa shape index (κ3) is 5.11. The van der Waals surface area contributed by atoms with Gasteiger partial charge in [0.1, 0.15) is 5.75 Å². The lowest BCUT2D eigenvalue weighted by Crippen LogP contribution is -2.37. The predicted molar refractivity (Wildman–Crippen MR) is 99.8 cm³/mol. The van der Waals surface area contributed by atoms with Gasteiger partial charge in [-0.15, -0.1) is 0 Å². The molecule has 2 aromatic carbocycles. The summed E-state index contributed by atoms with van der Waals surface area (Å²) < 4.78 is 5.11. The minimum Gasteiger partial charge on any atom is -0.495 e. The molecule has 0 aromatic heterocycles. The molecule has 0 saturated heterocycles. The number of methoxy groups -OCH3 is 1. The van der Waals surface area contributed by atoms with Crippen molar-refractivity contribution in [3.8, 4) is 5.75 Å². The van der Waals surface area contributed by atoms with Crippen LogP contribution in [0.4, 0.5) is 5.69 Å². The van der Waals surface area contributed by atoms with Crippen molar-refractivity contribution < 1.29 is 14.3 Å². The molecule has 5 nitrogen and oxygen atoms in total. The number of carbonyl (C=O) groups is 2. The molecule has 0 unspecified atom stereocenters. The van der Waals surface area contributed by atoms with Crippen molar-refractivity contribution in [2.75, 3.05) is 25.1 Å². The average Bonchev–Trinajstić information content (AvgIpc) is 2.58. The fourth-order valence-corrected chi connectivity index (χ4v) is 2.65. The zero-order valence-corrected chi connectivity index (χ0v) is 15.4. The average molecular weight is 381 g/mol. The standard InChI is InChI=1S/C18H18Cl2N2O3/c1-12(23)22(15-7-8-17(25-2)16(20)11-15)10-9-21-18(24)13-3-5-14(19)6-4-13/h3-8,11H,9-10H2,1-2H3,(H,21,24). The van der Waals surface area contributed by atoms with Crippen LogP contribution < -0.4 is 15.0 Å². The first kappa shape index (κ1) is 19.1. The molecule has 2 aromatic rings. The summed E-state index contributed by atoms with van der Waals surface area (Å²) in [7, 11) is 1.52. The highest BCUT2D eigenvalue weighted by Crippen LogP contribution is 2.29. The molecule has 2 rings (SSSR count). The number of amides is 2. The Balaban J connectivity index is 2.00. The molecule has 1 N–H and O–H groups in total. The minimum atomic E-state index is -0.229. The van der Waals surface area contributed by atoms with Gasteiger partial charge in [0.15, 0.2) is 0 Å². The van der Waals surface area contributed by atoms with Gasteiger partial charge in [0.05, 0.1) is 12.1 Å². The largest absolute Gasteiger partial charge is 0.495 e. The number of nitrogens with one attached hydrogen (secondary N) is 1. The smallest absolute Gasteiger partial charge is 0.251 e. The van der Waals surface area contributed by atoms with E-state index in [9.17, 15) is 9.59 Å². The molecule has 0 aliphatic carbocycles. The Morgan fingerprint density at radius 2 is 1.80 bits per heavy atom. The molecular weight excluding hydrogens is 363 g/mol. The van der Waals surface area contributed by atoms with Gasteiger partial charge >= 0.3 is 0 Å². The van der Waals surface area contributed by atoms with Crippen LogP contribution in [0.25, 0.3) is 0 Å². The van der Waals surface area contributed by atoms with Crippen molar-refractivity contribution in [3.63, 3.8) is 0 Å².